The zero-order valence-corrected chi connectivity index (χ0v) is 7.55. The molecule has 8 heteroatoms. The molecule has 7 nitrogen and oxygen atoms in total. The van der Waals surface area contributed by atoms with Crippen molar-refractivity contribution in [2.75, 3.05) is 7.11 Å². The molecular formula is C7H5FN4O3. The number of nitro benzene ring substituents is 1. The number of azide groups is 1. The minimum atomic E-state index is -0.888. The van der Waals surface area contributed by atoms with Gasteiger partial charge >= 0.3 is 0 Å². The molecule has 0 saturated carbocycles. The maximum atomic E-state index is 13.1. The highest BCUT2D eigenvalue weighted by Crippen LogP contribution is 2.33. The molecule has 0 spiro atoms. The summed E-state index contributed by atoms with van der Waals surface area (Å²) in [6.45, 7) is 0. The summed E-state index contributed by atoms with van der Waals surface area (Å²) < 4.78 is 17.7. The minimum Gasteiger partial charge on any atom is -0.494 e. The highest BCUT2D eigenvalue weighted by atomic mass is 19.1. The standard InChI is InChI=1S/C7H5FN4O3/c1-15-7-3-5(10-11-9)6(12(13)14)2-4(7)8/h2-3H,1H3. The molecule has 0 heterocycles. The van der Waals surface area contributed by atoms with E-state index in [9.17, 15) is 14.5 Å². The highest BCUT2D eigenvalue weighted by Gasteiger charge is 2.17. The summed E-state index contributed by atoms with van der Waals surface area (Å²) in [4.78, 5) is 12.0. The number of methoxy groups -OCH3 is 1. The van der Waals surface area contributed by atoms with Crippen molar-refractivity contribution in [1.82, 2.24) is 0 Å². The average molecular weight is 212 g/mol. The number of benzene rings is 1. The summed E-state index contributed by atoms with van der Waals surface area (Å²) in [7, 11) is 1.20. The summed E-state index contributed by atoms with van der Waals surface area (Å²) in [5.41, 5.74) is 7.26. The van der Waals surface area contributed by atoms with Gasteiger partial charge in [-0.05, 0) is 11.6 Å². The Labute approximate surface area is 82.9 Å². The van der Waals surface area contributed by atoms with Crippen LogP contribution in [0.3, 0.4) is 0 Å². The van der Waals surface area contributed by atoms with Crippen molar-refractivity contribution >= 4 is 11.4 Å². The first-order chi connectivity index (χ1) is 7.10. The first-order valence-corrected chi connectivity index (χ1v) is 3.67. The van der Waals surface area contributed by atoms with E-state index in [2.05, 4.69) is 14.8 Å². The number of nitro groups is 1. The Bertz CT molecular complexity index is 456. The highest BCUT2D eigenvalue weighted by molar-refractivity contribution is 5.60. The molecule has 0 aliphatic rings. The Morgan fingerprint density at radius 3 is 2.80 bits per heavy atom. The van der Waals surface area contributed by atoms with E-state index in [-0.39, 0.29) is 11.4 Å². The van der Waals surface area contributed by atoms with Crippen molar-refractivity contribution in [2.45, 2.75) is 0 Å². The molecule has 0 aliphatic carbocycles. The van der Waals surface area contributed by atoms with Crippen molar-refractivity contribution in [2.24, 2.45) is 5.11 Å². The fourth-order valence-electron chi connectivity index (χ4n) is 0.963. The van der Waals surface area contributed by atoms with Crippen LogP contribution in [0.15, 0.2) is 17.2 Å². The van der Waals surface area contributed by atoms with E-state index in [1.54, 1.807) is 0 Å². The van der Waals surface area contributed by atoms with E-state index in [0.29, 0.717) is 6.07 Å². The van der Waals surface area contributed by atoms with Gasteiger partial charge in [0.2, 0.25) is 0 Å². The average Bonchev–Trinajstić information content (AvgIpc) is 2.20. The molecule has 1 rings (SSSR count). The molecule has 0 radical (unpaired) electrons. The van der Waals surface area contributed by atoms with Crippen molar-refractivity contribution in [3.8, 4) is 5.75 Å². The number of rotatable bonds is 3. The quantitative estimate of drug-likeness (QED) is 0.253. The monoisotopic (exact) mass is 212 g/mol. The molecule has 0 bridgehead atoms. The number of hydrogen-bond donors (Lipinski definition) is 0. The second-order valence-electron chi connectivity index (χ2n) is 2.42. The third-order valence-electron chi connectivity index (χ3n) is 1.60. The molecule has 0 atom stereocenters. The van der Waals surface area contributed by atoms with Crippen LogP contribution < -0.4 is 4.74 Å². The van der Waals surface area contributed by atoms with Gasteiger partial charge in [-0.25, -0.2) is 4.39 Å². The van der Waals surface area contributed by atoms with Gasteiger partial charge in [0.1, 0.15) is 5.69 Å². The normalized spacial score (nSPS) is 9.20. The lowest BCUT2D eigenvalue weighted by Gasteiger charge is -2.02. The van der Waals surface area contributed by atoms with Gasteiger partial charge in [0.05, 0.1) is 18.1 Å². The smallest absolute Gasteiger partial charge is 0.282 e. The van der Waals surface area contributed by atoms with Crippen LogP contribution in [0.2, 0.25) is 0 Å². The molecule has 78 valence electrons. The van der Waals surface area contributed by atoms with Crippen LogP contribution in [-0.2, 0) is 0 Å². The molecule has 0 unspecified atom stereocenters. The maximum Gasteiger partial charge on any atom is 0.282 e. The predicted molar refractivity (Wildman–Crippen MR) is 48.4 cm³/mol. The molecule has 0 N–H and O–H groups in total. The van der Waals surface area contributed by atoms with Gasteiger partial charge in [-0.15, -0.1) is 0 Å². The zero-order chi connectivity index (χ0) is 11.4. The number of ether oxygens (including phenoxy) is 1. The van der Waals surface area contributed by atoms with Gasteiger partial charge in [0, 0.05) is 4.91 Å². The molecule has 0 aliphatic heterocycles. The zero-order valence-electron chi connectivity index (χ0n) is 7.55. The van der Waals surface area contributed by atoms with E-state index in [1.165, 1.54) is 7.11 Å². The number of halogens is 1. The van der Waals surface area contributed by atoms with Crippen LogP contribution in [0.4, 0.5) is 15.8 Å². The van der Waals surface area contributed by atoms with Crippen molar-refractivity contribution in [3.05, 3.63) is 38.5 Å². The van der Waals surface area contributed by atoms with Crippen LogP contribution in [0.5, 0.6) is 5.75 Å². The van der Waals surface area contributed by atoms with Crippen molar-refractivity contribution in [3.63, 3.8) is 0 Å². The second kappa shape index (κ2) is 4.25. The summed E-state index contributed by atoms with van der Waals surface area (Å²) in [5.74, 6) is -1.11. The number of nitrogens with zero attached hydrogens (tertiary/aromatic N) is 4. The summed E-state index contributed by atoms with van der Waals surface area (Å²) >= 11 is 0. The van der Waals surface area contributed by atoms with Crippen LogP contribution in [-0.4, -0.2) is 12.0 Å². The first kappa shape index (κ1) is 10.7. The Hall–Kier alpha value is -2.34. The maximum absolute atomic E-state index is 13.1. The predicted octanol–water partition coefficient (Wildman–Crippen LogP) is 2.68. The Morgan fingerprint density at radius 2 is 2.33 bits per heavy atom. The minimum absolute atomic E-state index is 0.219. The van der Waals surface area contributed by atoms with Crippen LogP contribution in [0.1, 0.15) is 0 Å². The largest absolute Gasteiger partial charge is 0.494 e. The number of hydrogen-bond acceptors (Lipinski definition) is 4. The molecule has 1 aromatic carbocycles. The third-order valence-corrected chi connectivity index (χ3v) is 1.60. The summed E-state index contributed by atoms with van der Waals surface area (Å²) in [5, 5.41) is 13.5. The summed E-state index contributed by atoms with van der Waals surface area (Å²) in [6.07, 6.45) is 0. The van der Waals surface area contributed by atoms with E-state index >= 15 is 0 Å². The van der Waals surface area contributed by atoms with Crippen molar-refractivity contribution in [1.29, 1.82) is 0 Å². The van der Waals surface area contributed by atoms with Gasteiger partial charge in [-0.3, -0.25) is 10.1 Å². The lowest BCUT2D eigenvalue weighted by atomic mass is 10.2. The molecule has 15 heavy (non-hydrogen) atoms. The molecule has 0 saturated heterocycles. The Morgan fingerprint density at radius 1 is 1.67 bits per heavy atom. The first-order valence-electron chi connectivity index (χ1n) is 3.67. The van der Waals surface area contributed by atoms with Gasteiger partial charge in [0.15, 0.2) is 11.6 Å². The van der Waals surface area contributed by atoms with Crippen LogP contribution in [0, 0.1) is 15.9 Å². The van der Waals surface area contributed by atoms with E-state index in [4.69, 9.17) is 5.53 Å². The fourth-order valence-corrected chi connectivity index (χ4v) is 0.963. The van der Waals surface area contributed by atoms with E-state index < -0.39 is 16.4 Å². The molecule has 0 amide bonds. The third kappa shape index (κ3) is 2.12. The molecule has 0 fully saturated rings. The van der Waals surface area contributed by atoms with Gasteiger partial charge in [0.25, 0.3) is 5.69 Å². The molecule has 1 aromatic rings. The van der Waals surface area contributed by atoms with E-state index in [1.807, 2.05) is 0 Å². The fraction of sp³-hybridized carbons (Fsp3) is 0.143. The van der Waals surface area contributed by atoms with Gasteiger partial charge in [-0.1, -0.05) is 5.11 Å². The Balaban J connectivity index is 3.44. The molecule has 0 aromatic heterocycles. The van der Waals surface area contributed by atoms with E-state index in [0.717, 1.165) is 6.07 Å². The van der Waals surface area contributed by atoms with Gasteiger partial charge < -0.3 is 4.74 Å². The lowest BCUT2D eigenvalue weighted by molar-refractivity contribution is -0.384. The van der Waals surface area contributed by atoms with Crippen molar-refractivity contribution < 1.29 is 14.1 Å². The van der Waals surface area contributed by atoms with Crippen LogP contribution >= 0.6 is 0 Å². The topological polar surface area (TPSA) is 101 Å². The lowest BCUT2D eigenvalue weighted by Crippen LogP contribution is -1.93. The Kier molecular flexibility index (Phi) is 3.04. The SMILES string of the molecule is COc1cc(N=[N+]=[N-])c([N+](=O)[O-])cc1F. The van der Waals surface area contributed by atoms with Crippen LogP contribution in [0.25, 0.3) is 10.4 Å². The van der Waals surface area contributed by atoms with Gasteiger partial charge in [-0.2, -0.15) is 0 Å². The summed E-state index contributed by atoms with van der Waals surface area (Å²) in [6, 6.07) is 1.61. The second-order valence-corrected chi connectivity index (χ2v) is 2.42. The molecular weight excluding hydrogens is 207 g/mol.